The van der Waals surface area contributed by atoms with Gasteiger partial charge in [0.25, 0.3) is 0 Å². The molecule has 1 aromatic carbocycles. The summed E-state index contributed by atoms with van der Waals surface area (Å²) in [7, 11) is 2.04. The van der Waals surface area contributed by atoms with E-state index in [2.05, 4.69) is 64.6 Å². The lowest BCUT2D eigenvalue weighted by Crippen LogP contribution is -2.35. The molecule has 0 aliphatic carbocycles. The average Bonchev–Trinajstić information content (AvgIpc) is 3.04. The van der Waals surface area contributed by atoms with Gasteiger partial charge < -0.3 is 15.1 Å². The van der Waals surface area contributed by atoms with Crippen LogP contribution < -0.4 is 5.32 Å². The van der Waals surface area contributed by atoms with Crippen molar-refractivity contribution in [1.82, 2.24) is 15.1 Å². The molecule has 0 saturated carbocycles. The monoisotopic (exact) mass is 284 g/mol. The first-order valence-corrected chi connectivity index (χ1v) is 7.73. The van der Waals surface area contributed by atoms with Gasteiger partial charge in [-0.3, -0.25) is 0 Å². The summed E-state index contributed by atoms with van der Waals surface area (Å²) in [5.74, 6) is 1.13. The Labute approximate surface area is 127 Å². The first kappa shape index (κ1) is 14.1. The van der Waals surface area contributed by atoms with Crippen molar-refractivity contribution in [2.24, 2.45) is 4.99 Å². The summed E-state index contributed by atoms with van der Waals surface area (Å²) in [5.41, 5.74) is 1.33. The largest absolute Gasteiger partial charge is 0.355 e. The molecule has 2 aliphatic rings. The van der Waals surface area contributed by atoms with E-state index in [0.717, 1.165) is 25.6 Å². The maximum Gasteiger partial charge on any atom is 0.127 e. The van der Waals surface area contributed by atoms with Gasteiger partial charge in [-0.2, -0.15) is 0 Å². The second-order valence-corrected chi connectivity index (χ2v) is 5.79. The Morgan fingerprint density at radius 3 is 2.71 bits per heavy atom. The lowest BCUT2D eigenvalue weighted by Gasteiger charge is -2.31. The average molecular weight is 284 g/mol. The Morgan fingerprint density at radius 2 is 2.10 bits per heavy atom. The fraction of sp³-hybridized carbons (Fsp3) is 0.471. The molecule has 2 heterocycles. The number of likely N-dealkylation sites (N-methyl/N-ethyl adjacent to an activating group) is 1. The Kier molecular flexibility index (Phi) is 4.25. The predicted octanol–water partition coefficient (Wildman–Crippen LogP) is 2.23. The van der Waals surface area contributed by atoms with Gasteiger partial charge in [0.2, 0.25) is 0 Å². The van der Waals surface area contributed by atoms with E-state index in [1.165, 1.54) is 12.0 Å². The molecule has 1 saturated heterocycles. The van der Waals surface area contributed by atoms with Crippen molar-refractivity contribution in [3.05, 3.63) is 48.2 Å². The number of hydrogen-bond acceptors (Lipinski definition) is 4. The molecule has 0 amide bonds. The van der Waals surface area contributed by atoms with Crippen LogP contribution in [0.4, 0.5) is 0 Å². The van der Waals surface area contributed by atoms with E-state index in [4.69, 9.17) is 4.99 Å². The van der Waals surface area contributed by atoms with Crippen LogP contribution >= 0.6 is 0 Å². The van der Waals surface area contributed by atoms with Crippen molar-refractivity contribution in [2.45, 2.75) is 25.4 Å². The summed E-state index contributed by atoms with van der Waals surface area (Å²) in [5, 5.41) is 3.35. The minimum Gasteiger partial charge on any atom is -0.355 e. The van der Waals surface area contributed by atoms with Crippen molar-refractivity contribution >= 4 is 5.84 Å². The van der Waals surface area contributed by atoms with Gasteiger partial charge in [-0.15, -0.1) is 0 Å². The van der Waals surface area contributed by atoms with E-state index in [1.54, 1.807) is 0 Å². The molecule has 0 bridgehead atoms. The highest BCUT2D eigenvalue weighted by atomic mass is 15.3. The first-order chi connectivity index (χ1) is 10.3. The van der Waals surface area contributed by atoms with Gasteiger partial charge in [0.1, 0.15) is 12.5 Å². The Morgan fingerprint density at radius 1 is 1.29 bits per heavy atom. The van der Waals surface area contributed by atoms with E-state index >= 15 is 0 Å². The second-order valence-electron chi connectivity index (χ2n) is 5.79. The molecule has 0 radical (unpaired) electrons. The lowest BCUT2D eigenvalue weighted by molar-refractivity contribution is 0.301. The van der Waals surface area contributed by atoms with Crippen molar-refractivity contribution < 1.29 is 0 Å². The minimum atomic E-state index is 0.358. The number of nitrogens with zero attached hydrogens (tertiary/aromatic N) is 3. The number of amidine groups is 1. The zero-order valence-corrected chi connectivity index (χ0v) is 12.9. The summed E-state index contributed by atoms with van der Waals surface area (Å²) in [6.07, 6.45) is 5.54. The van der Waals surface area contributed by atoms with Crippen LogP contribution in [0.3, 0.4) is 0 Å². The molecular weight excluding hydrogens is 260 g/mol. The number of likely N-dealkylation sites (tertiary alicyclic amines) is 1. The normalized spacial score (nSPS) is 23.3. The van der Waals surface area contributed by atoms with Crippen LogP contribution in [0, 0.1) is 0 Å². The zero-order valence-electron chi connectivity index (χ0n) is 12.9. The summed E-state index contributed by atoms with van der Waals surface area (Å²) in [4.78, 5) is 9.42. The van der Waals surface area contributed by atoms with Gasteiger partial charge in [-0.25, -0.2) is 4.99 Å². The molecule has 0 aromatic heterocycles. The molecule has 1 aromatic rings. The Balaban J connectivity index is 1.61. The van der Waals surface area contributed by atoms with Crippen molar-refractivity contribution in [2.75, 3.05) is 26.8 Å². The number of hydrogen-bond donors (Lipinski definition) is 1. The lowest BCUT2D eigenvalue weighted by atomic mass is 10.1. The quantitative estimate of drug-likeness (QED) is 0.923. The van der Waals surface area contributed by atoms with Crippen molar-refractivity contribution in [1.29, 1.82) is 0 Å². The van der Waals surface area contributed by atoms with Gasteiger partial charge in [0.05, 0.1) is 6.04 Å². The fourth-order valence-electron chi connectivity index (χ4n) is 3.00. The van der Waals surface area contributed by atoms with Crippen LogP contribution in [-0.4, -0.2) is 48.5 Å². The third-order valence-electron chi connectivity index (χ3n) is 4.51. The molecule has 4 nitrogen and oxygen atoms in total. The van der Waals surface area contributed by atoms with Crippen molar-refractivity contribution in [3.8, 4) is 0 Å². The van der Waals surface area contributed by atoms with Crippen LogP contribution in [0.5, 0.6) is 0 Å². The number of benzene rings is 1. The third-order valence-corrected chi connectivity index (χ3v) is 4.51. The summed E-state index contributed by atoms with van der Waals surface area (Å²) in [6, 6.07) is 11.6. The maximum atomic E-state index is 4.76. The molecule has 2 aliphatic heterocycles. The Bertz CT molecular complexity index is 523. The molecule has 0 spiro atoms. The molecular formula is C17H24N4. The first-order valence-electron chi connectivity index (χ1n) is 7.73. The van der Waals surface area contributed by atoms with E-state index in [0.29, 0.717) is 12.1 Å². The highest BCUT2D eigenvalue weighted by molar-refractivity contribution is 5.93. The fourth-order valence-corrected chi connectivity index (χ4v) is 3.00. The topological polar surface area (TPSA) is 30.9 Å². The van der Waals surface area contributed by atoms with Crippen LogP contribution in [0.2, 0.25) is 0 Å². The van der Waals surface area contributed by atoms with E-state index < -0.39 is 0 Å². The summed E-state index contributed by atoms with van der Waals surface area (Å²) >= 11 is 0. The van der Waals surface area contributed by atoms with Gasteiger partial charge in [0.15, 0.2) is 0 Å². The molecule has 112 valence electrons. The van der Waals surface area contributed by atoms with Gasteiger partial charge in [0, 0.05) is 25.3 Å². The maximum absolute atomic E-state index is 4.76. The summed E-state index contributed by atoms with van der Waals surface area (Å²) < 4.78 is 0. The van der Waals surface area contributed by atoms with Crippen LogP contribution in [0.15, 0.2) is 47.6 Å². The molecule has 3 rings (SSSR count). The molecule has 1 fully saturated rings. The third kappa shape index (κ3) is 3.10. The van der Waals surface area contributed by atoms with E-state index in [-0.39, 0.29) is 0 Å². The molecule has 4 heteroatoms. The molecule has 2 atom stereocenters. The smallest absolute Gasteiger partial charge is 0.127 e. The van der Waals surface area contributed by atoms with Crippen LogP contribution in [-0.2, 0) is 0 Å². The predicted molar refractivity (Wildman–Crippen MR) is 87.2 cm³/mol. The zero-order chi connectivity index (χ0) is 14.7. The summed E-state index contributed by atoms with van der Waals surface area (Å²) in [6.45, 7) is 5.13. The van der Waals surface area contributed by atoms with Gasteiger partial charge >= 0.3 is 0 Å². The van der Waals surface area contributed by atoms with Crippen LogP contribution in [0.1, 0.15) is 24.9 Å². The Hall–Kier alpha value is -1.81. The minimum absolute atomic E-state index is 0.358. The van der Waals surface area contributed by atoms with E-state index in [1.807, 2.05) is 7.05 Å². The SMILES string of the molecule is CN[C@@H]1CCN(C2=NCN([C@H](C)c3ccccc3)C=C2)C1. The number of aliphatic imine (C=N–C) groups is 1. The van der Waals surface area contributed by atoms with E-state index in [9.17, 15) is 0 Å². The molecule has 1 N–H and O–H groups in total. The second kappa shape index (κ2) is 6.31. The highest BCUT2D eigenvalue weighted by Gasteiger charge is 2.24. The van der Waals surface area contributed by atoms with Gasteiger partial charge in [-0.1, -0.05) is 30.3 Å². The van der Waals surface area contributed by atoms with Gasteiger partial charge in [-0.05, 0) is 32.0 Å². The number of rotatable bonds is 3. The standard InChI is InChI=1S/C17H24N4/c1-14(15-6-4-3-5-7-15)21-11-9-17(19-13-21)20-10-8-16(12-20)18-2/h3-7,9,11,14,16,18H,8,10,12-13H2,1-2H3/t14-,16-/m1/s1. The number of nitrogens with one attached hydrogen (secondary N) is 1. The highest BCUT2D eigenvalue weighted by Crippen LogP contribution is 2.22. The van der Waals surface area contributed by atoms with Crippen molar-refractivity contribution in [3.63, 3.8) is 0 Å². The van der Waals surface area contributed by atoms with Crippen LogP contribution in [0.25, 0.3) is 0 Å². The molecule has 21 heavy (non-hydrogen) atoms. The molecule has 0 unspecified atom stereocenters.